The fourth-order valence-electron chi connectivity index (χ4n) is 1.18. The Morgan fingerprint density at radius 3 is 2.33 bits per heavy atom. The molecule has 0 aromatic rings. The van der Waals surface area contributed by atoms with Crippen molar-refractivity contribution < 1.29 is 5.11 Å². The van der Waals surface area contributed by atoms with Gasteiger partial charge < -0.3 is 10.8 Å². The summed E-state index contributed by atoms with van der Waals surface area (Å²) < 4.78 is 0. The third-order valence-electron chi connectivity index (χ3n) is 2.00. The predicted molar refractivity (Wildman–Crippen MR) is 39.7 cm³/mol. The zero-order valence-corrected chi connectivity index (χ0v) is 6.45. The van der Waals surface area contributed by atoms with Gasteiger partial charge in [0.05, 0.1) is 5.60 Å². The molecule has 1 aliphatic rings. The molecule has 1 fully saturated rings. The van der Waals surface area contributed by atoms with E-state index in [2.05, 4.69) is 0 Å². The van der Waals surface area contributed by atoms with Gasteiger partial charge in [-0.25, -0.2) is 0 Å². The molecule has 0 bridgehead atoms. The van der Waals surface area contributed by atoms with Crippen LogP contribution >= 0.6 is 12.4 Å². The summed E-state index contributed by atoms with van der Waals surface area (Å²) in [4.78, 5) is 0. The highest BCUT2D eigenvalue weighted by Crippen LogP contribution is 2.27. The average Bonchev–Trinajstić information content (AvgIpc) is 1.86. The van der Waals surface area contributed by atoms with Gasteiger partial charge in [-0.15, -0.1) is 12.4 Å². The molecule has 3 heteroatoms. The van der Waals surface area contributed by atoms with E-state index in [0.717, 1.165) is 19.3 Å². The first-order valence-corrected chi connectivity index (χ1v) is 3.11. The quantitative estimate of drug-likeness (QED) is 0.535. The molecule has 1 saturated carbocycles. The molecule has 0 amide bonds. The second kappa shape index (κ2) is 2.86. The highest BCUT2D eigenvalue weighted by molar-refractivity contribution is 5.85. The minimum absolute atomic E-state index is 0. The lowest BCUT2D eigenvalue weighted by atomic mass is 10.0. The molecule has 0 spiro atoms. The van der Waals surface area contributed by atoms with Gasteiger partial charge in [0.15, 0.2) is 0 Å². The van der Waals surface area contributed by atoms with E-state index >= 15 is 0 Å². The second-order valence-electron chi connectivity index (χ2n) is 2.86. The van der Waals surface area contributed by atoms with E-state index in [9.17, 15) is 5.11 Å². The maximum Gasteiger partial charge on any atom is 0.0769 e. The third kappa shape index (κ3) is 1.81. The third-order valence-corrected chi connectivity index (χ3v) is 2.00. The molecule has 56 valence electrons. The van der Waals surface area contributed by atoms with E-state index in [1.165, 1.54) is 0 Å². The van der Waals surface area contributed by atoms with Gasteiger partial charge in [0, 0.05) is 6.04 Å². The molecule has 9 heavy (non-hydrogen) atoms. The van der Waals surface area contributed by atoms with Gasteiger partial charge in [-0.3, -0.25) is 0 Å². The Morgan fingerprint density at radius 1 is 1.67 bits per heavy atom. The predicted octanol–water partition coefficient (Wildman–Crippen LogP) is 0.670. The standard InChI is InChI=1S/C6H13NO.ClH/c1-6(8)4-2-3-5(6)7;/h5,8H,2-4,7H2,1H3;1H/t5-,6-;/m1./s1. The van der Waals surface area contributed by atoms with Crippen molar-refractivity contribution in [3.05, 3.63) is 0 Å². The summed E-state index contributed by atoms with van der Waals surface area (Å²) in [5.41, 5.74) is 4.99. The van der Waals surface area contributed by atoms with Crippen molar-refractivity contribution >= 4 is 12.4 Å². The summed E-state index contributed by atoms with van der Waals surface area (Å²) in [6.45, 7) is 1.81. The number of hydrogen-bond acceptors (Lipinski definition) is 2. The van der Waals surface area contributed by atoms with Crippen LogP contribution in [0.2, 0.25) is 0 Å². The van der Waals surface area contributed by atoms with Crippen molar-refractivity contribution in [2.45, 2.75) is 37.8 Å². The summed E-state index contributed by atoms with van der Waals surface area (Å²) in [7, 11) is 0. The van der Waals surface area contributed by atoms with Crippen LogP contribution in [0.25, 0.3) is 0 Å². The lowest BCUT2D eigenvalue weighted by Crippen LogP contribution is -2.40. The highest BCUT2D eigenvalue weighted by Gasteiger charge is 2.33. The Balaban J connectivity index is 0.000000640. The van der Waals surface area contributed by atoms with Gasteiger partial charge in [-0.05, 0) is 26.2 Å². The number of nitrogens with two attached hydrogens (primary N) is 1. The van der Waals surface area contributed by atoms with Crippen molar-refractivity contribution in [1.82, 2.24) is 0 Å². The topological polar surface area (TPSA) is 46.2 Å². The summed E-state index contributed by atoms with van der Waals surface area (Å²) in [6, 6.07) is 0.0162. The average molecular weight is 152 g/mol. The Kier molecular flexibility index (Phi) is 2.93. The summed E-state index contributed by atoms with van der Waals surface area (Å²) >= 11 is 0. The van der Waals surface area contributed by atoms with Crippen LogP contribution < -0.4 is 5.73 Å². The highest BCUT2D eigenvalue weighted by atomic mass is 35.5. The van der Waals surface area contributed by atoms with Gasteiger partial charge in [-0.1, -0.05) is 0 Å². The minimum atomic E-state index is -0.569. The van der Waals surface area contributed by atoms with Crippen LogP contribution in [0.5, 0.6) is 0 Å². The zero-order valence-electron chi connectivity index (χ0n) is 5.63. The molecular formula is C6H14ClNO. The Labute approximate surface area is 61.8 Å². The molecule has 0 aromatic heterocycles. The van der Waals surface area contributed by atoms with E-state index in [-0.39, 0.29) is 18.4 Å². The molecule has 3 N–H and O–H groups in total. The van der Waals surface area contributed by atoms with E-state index in [0.29, 0.717) is 0 Å². The largest absolute Gasteiger partial charge is 0.389 e. The zero-order chi connectivity index (χ0) is 6.20. The van der Waals surface area contributed by atoms with E-state index < -0.39 is 5.60 Å². The van der Waals surface area contributed by atoms with Crippen molar-refractivity contribution in [2.24, 2.45) is 5.73 Å². The molecule has 0 aromatic carbocycles. The normalized spacial score (nSPS) is 42.3. The molecule has 1 rings (SSSR count). The lowest BCUT2D eigenvalue weighted by molar-refractivity contribution is 0.0518. The minimum Gasteiger partial charge on any atom is -0.389 e. The Morgan fingerprint density at radius 2 is 2.22 bits per heavy atom. The Hall–Kier alpha value is 0.210. The van der Waals surface area contributed by atoms with Crippen molar-refractivity contribution in [1.29, 1.82) is 0 Å². The number of rotatable bonds is 0. The lowest BCUT2D eigenvalue weighted by Gasteiger charge is -2.20. The van der Waals surface area contributed by atoms with Crippen LogP contribution in [0.3, 0.4) is 0 Å². The van der Waals surface area contributed by atoms with Crippen LogP contribution in [-0.2, 0) is 0 Å². The van der Waals surface area contributed by atoms with Crippen LogP contribution in [0.15, 0.2) is 0 Å². The molecule has 0 aliphatic heterocycles. The molecule has 2 nitrogen and oxygen atoms in total. The van der Waals surface area contributed by atoms with E-state index in [1.54, 1.807) is 0 Å². The SMILES string of the molecule is C[C@@]1(O)CCC[C@H]1N.Cl. The molecular weight excluding hydrogens is 138 g/mol. The fraction of sp³-hybridized carbons (Fsp3) is 1.00. The van der Waals surface area contributed by atoms with Crippen molar-refractivity contribution in [2.75, 3.05) is 0 Å². The first kappa shape index (κ1) is 9.21. The van der Waals surface area contributed by atoms with Crippen LogP contribution in [0, 0.1) is 0 Å². The summed E-state index contributed by atoms with van der Waals surface area (Å²) in [5, 5.41) is 9.34. The van der Waals surface area contributed by atoms with Crippen molar-refractivity contribution in [3.63, 3.8) is 0 Å². The number of hydrogen-bond donors (Lipinski definition) is 2. The van der Waals surface area contributed by atoms with Gasteiger partial charge >= 0.3 is 0 Å². The maximum atomic E-state index is 9.34. The van der Waals surface area contributed by atoms with Gasteiger partial charge in [-0.2, -0.15) is 0 Å². The fourth-order valence-corrected chi connectivity index (χ4v) is 1.18. The van der Waals surface area contributed by atoms with Crippen molar-refractivity contribution in [3.8, 4) is 0 Å². The smallest absolute Gasteiger partial charge is 0.0769 e. The molecule has 0 heterocycles. The monoisotopic (exact) mass is 151 g/mol. The van der Waals surface area contributed by atoms with Crippen LogP contribution in [0.4, 0.5) is 0 Å². The summed E-state index contributed by atoms with van der Waals surface area (Å²) in [5.74, 6) is 0. The van der Waals surface area contributed by atoms with Gasteiger partial charge in [0.25, 0.3) is 0 Å². The Bertz CT molecular complexity index is 95.1. The molecule has 0 unspecified atom stereocenters. The number of aliphatic hydroxyl groups is 1. The second-order valence-corrected chi connectivity index (χ2v) is 2.86. The number of halogens is 1. The molecule has 1 aliphatic carbocycles. The van der Waals surface area contributed by atoms with E-state index in [4.69, 9.17) is 5.73 Å². The first-order valence-electron chi connectivity index (χ1n) is 3.11. The molecule has 0 radical (unpaired) electrons. The van der Waals surface area contributed by atoms with E-state index in [1.807, 2.05) is 6.92 Å². The first-order chi connectivity index (χ1) is 3.63. The maximum absolute atomic E-state index is 9.34. The van der Waals surface area contributed by atoms with Crippen LogP contribution in [-0.4, -0.2) is 16.7 Å². The molecule has 0 saturated heterocycles. The summed E-state index contributed by atoms with van der Waals surface area (Å²) in [6.07, 6.45) is 2.93. The van der Waals surface area contributed by atoms with Gasteiger partial charge in [0.1, 0.15) is 0 Å². The molecule has 2 atom stereocenters. The van der Waals surface area contributed by atoms with Crippen LogP contribution in [0.1, 0.15) is 26.2 Å². The van der Waals surface area contributed by atoms with Gasteiger partial charge in [0.2, 0.25) is 0 Å².